The second-order valence-corrected chi connectivity index (χ2v) is 2.41. The number of alkyl halides is 3. The van der Waals surface area contributed by atoms with Crippen LogP contribution in [0.4, 0.5) is 23.2 Å². The van der Waals surface area contributed by atoms with Gasteiger partial charge in [0.1, 0.15) is 0 Å². The predicted octanol–water partition coefficient (Wildman–Crippen LogP) is 3.31. The SMILES string of the molecule is CNc1cccc(C(F)(F)F)c1F.Cl. The summed E-state index contributed by atoms with van der Waals surface area (Å²) in [6.07, 6.45) is -4.64. The van der Waals surface area contributed by atoms with Crippen molar-refractivity contribution in [2.24, 2.45) is 0 Å². The van der Waals surface area contributed by atoms with E-state index in [9.17, 15) is 17.6 Å². The van der Waals surface area contributed by atoms with Gasteiger partial charge < -0.3 is 5.32 Å². The lowest BCUT2D eigenvalue weighted by molar-refractivity contribution is -0.139. The third-order valence-electron chi connectivity index (χ3n) is 1.57. The van der Waals surface area contributed by atoms with Crippen molar-refractivity contribution in [3.05, 3.63) is 29.6 Å². The summed E-state index contributed by atoms with van der Waals surface area (Å²) in [5, 5.41) is 2.33. The maximum absolute atomic E-state index is 13.0. The maximum atomic E-state index is 13.0. The zero-order valence-electron chi connectivity index (χ0n) is 7.15. The van der Waals surface area contributed by atoms with Crippen LogP contribution in [0.2, 0.25) is 0 Å². The fourth-order valence-electron chi connectivity index (χ4n) is 0.944. The fourth-order valence-corrected chi connectivity index (χ4v) is 0.944. The fraction of sp³-hybridized carbons (Fsp3) is 0.250. The summed E-state index contributed by atoms with van der Waals surface area (Å²) in [7, 11) is 1.36. The highest BCUT2D eigenvalue weighted by atomic mass is 35.5. The van der Waals surface area contributed by atoms with Crippen LogP contribution in [0.3, 0.4) is 0 Å². The molecular formula is C8H8ClF4N. The van der Waals surface area contributed by atoms with Crippen molar-refractivity contribution in [1.82, 2.24) is 0 Å². The monoisotopic (exact) mass is 229 g/mol. The van der Waals surface area contributed by atoms with Gasteiger partial charge in [-0.15, -0.1) is 12.4 Å². The summed E-state index contributed by atoms with van der Waals surface area (Å²) >= 11 is 0. The first kappa shape index (κ1) is 13.0. The molecule has 80 valence electrons. The maximum Gasteiger partial charge on any atom is 0.419 e. The van der Waals surface area contributed by atoms with E-state index in [-0.39, 0.29) is 18.1 Å². The Morgan fingerprint density at radius 1 is 1.21 bits per heavy atom. The Balaban J connectivity index is 0.00000169. The Bertz CT molecular complexity index is 311. The van der Waals surface area contributed by atoms with Crippen LogP contribution in [-0.2, 0) is 6.18 Å². The quantitative estimate of drug-likeness (QED) is 0.729. The molecule has 1 rings (SSSR count). The van der Waals surface area contributed by atoms with Crippen LogP contribution in [0.1, 0.15) is 5.56 Å². The lowest BCUT2D eigenvalue weighted by Crippen LogP contribution is -2.09. The summed E-state index contributed by atoms with van der Waals surface area (Å²) in [4.78, 5) is 0. The van der Waals surface area contributed by atoms with Crippen LogP contribution < -0.4 is 5.32 Å². The zero-order valence-corrected chi connectivity index (χ0v) is 7.97. The first-order valence-corrected chi connectivity index (χ1v) is 3.50. The van der Waals surface area contributed by atoms with Gasteiger partial charge in [0.05, 0.1) is 11.3 Å². The van der Waals surface area contributed by atoms with E-state index >= 15 is 0 Å². The molecule has 0 aliphatic heterocycles. The molecule has 0 unspecified atom stereocenters. The van der Waals surface area contributed by atoms with E-state index < -0.39 is 17.6 Å². The van der Waals surface area contributed by atoms with Gasteiger partial charge in [-0.1, -0.05) is 6.07 Å². The average Bonchev–Trinajstić information content (AvgIpc) is 2.02. The summed E-state index contributed by atoms with van der Waals surface area (Å²) in [5.41, 5.74) is -1.41. The topological polar surface area (TPSA) is 12.0 Å². The molecule has 0 fully saturated rings. The van der Waals surface area contributed by atoms with E-state index in [2.05, 4.69) is 5.32 Å². The third-order valence-corrected chi connectivity index (χ3v) is 1.57. The van der Waals surface area contributed by atoms with Gasteiger partial charge >= 0.3 is 6.18 Å². The van der Waals surface area contributed by atoms with E-state index in [1.807, 2.05) is 0 Å². The van der Waals surface area contributed by atoms with Crippen LogP contribution in [0, 0.1) is 5.82 Å². The van der Waals surface area contributed by atoms with Crippen molar-refractivity contribution in [1.29, 1.82) is 0 Å². The second kappa shape index (κ2) is 4.50. The largest absolute Gasteiger partial charge is 0.419 e. The van der Waals surface area contributed by atoms with Crippen molar-refractivity contribution in [3.8, 4) is 0 Å². The molecule has 0 bridgehead atoms. The molecule has 14 heavy (non-hydrogen) atoms. The number of rotatable bonds is 1. The molecule has 0 radical (unpaired) electrons. The van der Waals surface area contributed by atoms with E-state index in [1.54, 1.807) is 0 Å². The van der Waals surface area contributed by atoms with Crippen LogP contribution >= 0.6 is 12.4 Å². The lowest BCUT2D eigenvalue weighted by Gasteiger charge is -2.10. The molecule has 0 aliphatic carbocycles. The molecule has 1 aromatic rings. The van der Waals surface area contributed by atoms with Crippen molar-refractivity contribution < 1.29 is 17.6 Å². The van der Waals surface area contributed by atoms with E-state index in [0.29, 0.717) is 6.07 Å². The minimum absolute atomic E-state index is 0. The summed E-state index contributed by atoms with van der Waals surface area (Å²) in [6.45, 7) is 0. The Labute approximate surface area is 84.5 Å². The summed E-state index contributed by atoms with van der Waals surface area (Å²) in [6, 6.07) is 3.10. The number of halogens is 5. The smallest absolute Gasteiger partial charge is 0.386 e. The van der Waals surface area contributed by atoms with Crippen molar-refractivity contribution in [2.75, 3.05) is 12.4 Å². The minimum Gasteiger partial charge on any atom is -0.386 e. The van der Waals surface area contributed by atoms with Crippen molar-refractivity contribution in [2.45, 2.75) is 6.18 Å². The molecule has 0 aliphatic rings. The van der Waals surface area contributed by atoms with Crippen LogP contribution in [-0.4, -0.2) is 7.05 Å². The van der Waals surface area contributed by atoms with Crippen molar-refractivity contribution in [3.63, 3.8) is 0 Å². The Hall–Kier alpha value is -0.970. The molecule has 0 saturated heterocycles. The highest BCUT2D eigenvalue weighted by Crippen LogP contribution is 2.33. The Kier molecular flexibility index (Phi) is 4.19. The van der Waals surface area contributed by atoms with E-state index in [1.165, 1.54) is 13.1 Å². The average molecular weight is 230 g/mol. The van der Waals surface area contributed by atoms with Gasteiger partial charge in [-0.3, -0.25) is 0 Å². The molecule has 0 heterocycles. The van der Waals surface area contributed by atoms with Gasteiger partial charge in [-0.25, -0.2) is 4.39 Å². The molecule has 0 aromatic heterocycles. The van der Waals surface area contributed by atoms with Gasteiger partial charge in [0, 0.05) is 7.05 Å². The number of nitrogens with one attached hydrogen (secondary N) is 1. The Morgan fingerprint density at radius 3 is 2.21 bits per heavy atom. The minimum atomic E-state index is -4.64. The van der Waals surface area contributed by atoms with Crippen LogP contribution in [0.5, 0.6) is 0 Å². The van der Waals surface area contributed by atoms with Crippen molar-refractivity contribution >= 4 is 18.1 Å². The summed E-state index contributed by atoms with van der Waals surface area (Å²) < 4.78 is 49.3. The highest BCUT2D eigenvalue weighted by molar-refractivity contribution is 5.85. The first-order valence-electron chi connectivity index (χ1n) is 3.50. The van der Waals surface area contributed by atoms with Crippen LogP contribution in [0.25, 0.3) is 0 Å². The molecule has 1 aromatic carbocycles. The van der Waals surface area contributed by atoms with Gasteiger partial charge in [0.15, 0.2) is 5.82 Å². The predicted molar refractivity (Wildman–Crippen MR) is 48.2 cm³/mol. The third kappa shape index (κ3) is 2.51. The lowest BCUT2D eigenvalue weighted by atomic mass is 10.2. The number of hydrogen-bond donors (Lipinski definition) is 1. The number of hydrogen-bond acceptors (Lipinski definition) is 1. The molecule has 0 amide bonds. The van der Waals surface area contributed by atoms with Crippen LogP contribution in [0.15, 0.2) is 18.2 Å². The Morgan fingerprint density at radius 2 is 1.79 bits per heavy atom. The van der Waals surface area contributed by atoms with E-state index in [4.69, 9.17) is 0 Å². The van der Waals surface area contributed by atoms with Gasteiger partial charge in [0.25, 0.3) is 0 Å². The number of benzene rings is 1. The van der Waals surface area contributed by atoms with Gasteiger partial charge in [-0.2, -0.15) is 13.2 Å². The van der Waals surface area contributed by atoms with E-state index in [0.717, 1.165) is 6.07 Å². The number of anilines is 1. The normalized spacial score (nSPS) is 10.6. The molecule has 1 N–H and O–H groups in total. The highest BCUT2D eigenvalue weighted by Gasteiger charge is 2.34. The molecule has 6 heteroatoms. The standard InChI is InChI=1S/C8H7F4N.ClH/c1-13-6-4-2-3-5(7(6)9)8(10,11)12;/h2-4,13H,1H3;1H. The first-order chi connectivity index (χ1) is 5.96. The summed E-state index contributed by atoms with van der Waals surface area (Å²) in [5.74, 6) is -1.27. The van der Waals surface area contributed by atoms with Gasteiger partial charge in [-0.05, 0) is 12.1 Å². The molecule has 0 saturated carbocycles. The second-order valence-electron chi connectivity index (χ2n) is 2.41. The molecule has 0 atom stereocenters. The molecular weight excluding hydrogens is 222 g/mol. The van der Waals surface area contributed by atoms with Gasteiger partial charge in [0.2, 0.25) is 0 Å². The molecule has 1 nitrogen and oxygen atoms in total. The zero-order chi connectivity index (χ0) is 10.1. The molecule has 0 spiro atoms.